The number of nitrogens with zero attached hydrogens (tertiary/aromatic N) is 3. The third-order valence-corrected chi connectivity index (χ3v) is 4.08. The molecular weight excluding hydrogens is 404 g/mol. The van der Waals surface area contributed by atoms with Crippen molar-refractivity contribution in [1.82, 2.24) is 0 Å². The summed E-state index contributed by atoms with van der Waals surface area (Å²) in [6.07, 6.45) is 0. The van der Waals surface area contributed by atoms with Crippen molar-refractivity contribution in [1.29, 1.82) is 0 Å². The number of methoxy groups -OCH3 is 2. The second-order valence-corrected chi connectivity index (χ2v) is 6.04. The Morgan fingerprint density at radius 1 is 1.17 bits per heavy atom. The smallest absolute Gasteiger partial charge is 0.296 e. The molecule has 2 rings (SSSR count). The lowest BCUT2D eigenvalue weighted by molar-refractivity contribution is -0.384. The first-order chi connectivity index (χ1) is 13.8. The molecule has 11 heteroatoms. The number of carbonyl (C=O) groups is 2. The molecule has 1 amide bonds. The number of rotatable bonds is 8. The number of anilines is 1. The Labute approximate surface area is 170 Å². The van der Waals surface area contributed by atoms with E-state index in [0.29, 0.717) is 0 Å². The molecule has 0 bridgehead atoms. The maximum atomic E-state index is 12.5. The lowest BCUT2D eigenvalue weighted by atomic mass is 10.2. The summed E-state index contributed by atoms with van der Waals surface area (Å²) in [7, 11) is 2.79. The van der Waals surface area contributed by atoms with Gasteiger partial charge in [0.05, 0.1) is 19.1 Å². The fourth-order valence-corrected chi connectivity index (χ4v) is 2.56. The summed E-state index contributed by atoms with van der Waals surface area (Å²) >= 11 is 6.08. The summed E-state index contributed by atoms with van der Waals surface area (Å²) in [5, 5.41) is 21.2. The van der Waals surface area contributed by atoms with Crippen LogP contribution in [0.1, 0.15) is 6.92 Å². The van der Waals surface area contributed by atoms with Crippen LogP contribution in [-0.2, 0) is 9.59 Å². The molecule has 0 aliphatic carbocycles. The van der Waals surface area contributed by atoms with E-state index >= 15 is 0 Å². The van der Waals surface area contributed by atoms with E-state index in [2.05, 4.69) is 15.5 Å². The Bertz CT molecular complexity index is 954. The first-order valence-electron chi connectivity index (χ1n) is 8.15. The minimum atomic E-state index is -1.51. The van der Waals surface area contributed by atoms with Crippen molar-refractivity contribution in [3.8, 4) is 11.5 Å². The molecule has 0 aliphatic rings. The van der Waals surface area contributed by atoms with Crippen molar-refractivity contribution >= 4 is 40.4 Å². The second-order valence-electron chi connectivity index (χ2n) is 5.66. The summed E-state index contributed by atoms with van der Waals surface area (Å²) < 4.78 is 10.2. The quantitative estimate of drug-likeness (QED) is 0.297. The van der Waals surface area contributed by atoms with E-state index in [1.54, 1.807) is 0 Å². The third kappa shape index (κ3) is 5.26. The number of Topliss-reactive ketones (excluding diaryl/α,β-unsaturated/α-hetero) is 1. The molecule has 152 valence electrons. The van der Waals surface area contributed by atoms with Gasteiger partial charge in [0.25, 0.3) is 11.6 Å². The Morgan fingerprint density at radius 2 is 1.76 bits per heavy atom. The van der Waals surface area contributed by atoms with Crippen LogP contribution in [0.25, 0.3) is 0 Å². The number of amides is 1. The predicted octanol–water partition coefficient (Wildman–Crippen LogP) is 3.95. The van der Waals surface area contributed by atoms with Gasteiger partial charge in [-0.2, -0.15) is 5.11 Å². The molecular formula is C18H17ClN4O6. The zero-order chi connectivity index (χ0) is 21.6. The number of carbonyl (C=O) groups excluding carboxylic acids is 2. The van der Waals surface area contributed by atoms with Crippen LogP contribution < -0.4 is 14.8 Å². The molecule has 1 atom stereocenters. The molecule has 2 aromatic rings. The molecule has 0 saturated carbocycles. The first-order valence-corrected chi connectivity index (χ1v) is 8.53. The topological polar surface area (TPSA) is 132 Å². The van der Waals surface area contributed by atoms with Crippen LogP contribution in [-0.4, -0.2) is 36.9 Å². The van der Waals surface area contributed by atoms with Crippen LogP contribution in [0.4, 0.5) is 17.1 Å². The molecule has 29 heavy (non-hydrogen) atoms. The highest BCUT2D eigenvalue weighted by Crippen LogP contribution is 2.37. The number of hydrogen-bond donors (Lipinski definition) is 1. The normalized spacial score (nSPS) is 11.7. The number of halogens is 1. The summed E-state index contributed by atoms with van der Waals surface area (Å²) in [6, 6.07) is 6.96. The number of benzene rings is 2. The van der Waals surface area contributed by atoms with Crippen molar-refractivity contribution in [2.24, 2.45) is 10.2 Å². The SMILES string of the molecule is COc1cc(NC(=O)C(N=Nc2ccccc2[N+](=O)[O-])C(C)=O)cc(OC)c1Cl. The van der Waals surface area contributed by atoms with Crippen molar-refractivity contribution in [3.05, 3.63) is 51.5 Å². The molecule has 0 fully saturated rings. The lowest BCUT2D eigenvalue weighted by Gasteiger charge is -2.13. The number of para-hydroxylation sites is 1. The molecule has 0 radical (unpaired) electrons. The maximum absolute atomic E-state index is 12.5. The second kappa shape index (κ2) is 9.60. The minimum absolute atomic E-state index is 0.0774. The molecule has 10 nitrogen and oxygen atoms in total. The van der Waals surface area contributed by atoms with E-state index in [1.807, 2.05) is 0 Å². The van der Waals surface area contributed by atoms with E-state index in [9.17, 15) is 19.7 Å². The Kier molecular flexibility index (Phi) is 7.21. The van der Waals surface area contributed by atoms with Gasteiger partial charge in [0.15, 0.2) is 11.5 Å². The van der Waals surface area contributed by atoms with Crippen LogP contribution in [0.3, 0.4) is 0 Å². The molecule has 2 aromatic carbocycles. The summed E-state index contributed by atoms with van der Waals surface area (Å²) in [5.41, 5.74) is -0.127. The number of ketones is 1. The van der Waals surface area contributed by atoms with Gasteiger partial charge in [0.2, 0.25) is 6.04 Å². The molecule has 0 aliphatic heterocycles. The molecule has 0 saturated heterocycles. The van der Waals surface area contributed by atoms with E-state index in [4.69, 9.17) is 21.1 Å². The van der Waals surface area contributed by atoms with Gasteiger partial charge in [0.1, 0.15) is 16.5 Å². The lowest BCUT2D eigenvalue weighted by Crippen LogP contribution is -2.31. The van der Waals surface area contributed by atoms with Gasteiger partial charge in [-0.05, 0) is 13.0 Å². The highest BCUT2D eigenvalue weighted by molar-refractivity contribution is 6.33. The van der Waals surface area contributed by atoms with Crippen LogP contribution in [0.2, 0.25) is 5.02 Å². The van der Waals surface area contributed by atoms with Gasteiger partial charge < -0.3 is 14.8 Å². The Balaban J connectivity index is 2.30. The van der Waals surface area contributed by atoms with Crippen molar-refractivity contribution < 1.29 is 24.0 Å². The number of nitro benzene ring substituents is 1. The van der Waals surface area contributed by atoms with Gasteiger partial charge in [-0.15, -0.1) is 5.11 Å². The fourth-order valence-electron chi connectivity index (χ4n) is 2.29. The third-order valence-electron chi connectivity index (χ3n) is 3.71. The van der Waals surface area contributed by atoms with Crippen LogP contribution in [0, 0.1) is 10.1 Å². The van der Waals surface area contributed by atoms with E-state index < -0.39 is 22.7 Å². The molecule has 1 N–H and O–H groups in total. The monoisotopic (exact) mass is 420 g/mol. The van der Waals surface area contributed by atoms with Crippen molar-refractivity contribution in [2.45, 2.75) is 13.0 Å². The van der Waals surface area contributed by atoms with E-state index in [-0.39, 0.29) is 33.6 Å². The predicted molar refractivity (Wildman–Crippen MR) is 105 cm³/mol. The molecule has 0 heterocycles. The van der Waals surface area contributed by atoms with Gasteiger partial charge in [-0.1, -0.05) is 23.7 Å². The molecule has 1 unspecified atom stereocenters. The molecule has 0 spiro atoms. The number of nitrogens with one attached hydrogen (secondary N) is 1. The maximum Gasteiger partial charge on any atom is 0.296 e. The summed E-state index contributed by atoms with van der Waals surface area (Å²) in [6.45, 7) is 1.16. The van der Waals surface area contributed by atoms with Gasteiger partial charge in [-0.3, -0.25) is 19.7 Å². The zero-order valence-corrected chi connectivity index (χ0v) is 16.5. The Hall–Kier alpha value is -3.53. The minimum Gasteiger partial charge on any atom is -0.495 e. The highest BCUT2D eigenvalue weighted by Gasteiger charge is 2.25. The summed E-state index contributed by atoms with van der Waals surface area (Å²) in [5.74, 6) is -0.881. The average molecular weight is 421 g/mol. The van der Waals surface area contributed by atoms with Crippen LogP contribution in [0.15, 0.2) is 46.6 Å². The van der Waals surface area contributed by atoms with E-state index in [0.717, 1.165) is 6.92 Å². The van der Waals surface area contributed by atoms with E-state index in [1.165, 1.54) is 50.6 Å². The van der Waals surface area contributed by atoms with Gasteiger partial charge >= 0.3 is 0 Å². The zero-order valence-electron chi connectivity index (χ0n) is 15.7. The average Bonchev–Trinajstić information content (AvgIpc) is 2.69. The van der Waals surface area contributed by atoms with Crippen molar-refractivity contribution in [3.63, 3.8) is 0 Å². The standard InChI is InChI=1S/C18H17ClN4O6/c1-10(24)17(22-21-12-6-4-5-7-13(12)23(26)27)18(25)20-11-8-14(28-2)16(19)15(9-11)29-3/h4-9,17H,1-3H3,(H,20,25). The number of ether oxygens (including phenoxy) is 2. The largest absolute Gasteiger partial charge is 0.495 e. The van der Waals surface area contributed by atoms with Crippen molar-refractivity contribution in [2.75, 3.05) is 19.5 Å². The van der Waals surface area contributed by atoms with Gasteiger partial charge in [0, 0.05) is 23.9 Å². The van der Waals surface area contributed by atoms with Crippen LogP contribution >= 0.6 is 11.6 Å². The summed E-state index contributed by atoms with van der Waals surface area (Å²) in [4.78, 5) is 34.9. The first kappa shape index (κ1) is 21.8. The van der Waals surface area contributed by atoms with Gasteiger partial charge in [-0.25, -0.2) is 0 Å². The number of nitro groups is 1. The number of hydrogen-bond acceptors (Lipinski definition) is 8. The Morgan fingerprint density at radius 3 is 2.28 bits per heavy atom. The van der Waals surface area contributed by atoms with Crippen LogP contribution in [0.5, 0.6) is 11.5 Å². The fraction of sp³-hybridized carbons (Fsp3) is 0.222. The molecule has 0 aromatic heterocycles. The number of azo groups is 1. The highest BCUT2D eigenvalue weighted by atomic mass is 35.5.